The van der Waals surface area contributed by atoms with Crippen molar-refractivity contribution in [2.75, 3.05) is 5.75 Å². The van der Waals surface area contributed by atoms with Gasteiger partial charge >= 0.3 is 0 Å². The smallest absolute Gasteiger partial charge is 0.175 e. The van der Waals surface area contributed by atoms with Crippen molar-refractivity contribution in [1.82, 2.24) is 14.1 Å². The standard InChI is InChI=1S/C16H21N3OS/c1-4-18-8-7-17-16(18)21-10-15(20)14-9-11(2)19(12(14)3)13-5-6-13/h7-9,13H,4-6,10H2,1-3H3. The molecule has 0 saturated heterocycles. The molecule has 2 aromatic heterocycles. The second kappa shape index (κ2) is 5.72. The van der Waals surface area contributed by atoms with Crippen molar-refractivity contribution in [1.29, 1.82) is 0 Å². The Hall–Kier alpha value is -1.49. The average molecular weight is 303 g/mol. The molecule has 0 atom stereocenters. The van der Waals surface area contributed by atoms with Crippen LogP contribution in [0.4, 0.5) is 0 Å². The van der Waals surface area contributed by atoms with Crippen LogP contribution in [0, 0.1) is 13.8 Å². The van der Waals surface area contributed by atoms with Crippen LogP contribution >= 0.6 is 11.8 Å². The van der Waals surface area contributed by atoms with Gasteiger partial charge in [0.15, 0.2) is 10.9 Å². The van der Waals surface area contributed by atoms with Gasteiger partial charge in [0.05, 0.1) is 5.75 Å². The third-order valence-electron chi connectivity index (χ3n) is 4.05. The van der Waals surface area contributed by atoms with E-state index in [2.05, 4.69) is 34.9 Å². The quantitative estimate of drug-likeness (QED) is 0.604. The lowest BCUT2D eigenvalue weighted by Crippen LogP contribution is -2.06. The maximum absolute atomic E-state index is 12.5. The Morgan fingerprint density at radius 1 is 1.43 bits per heavy atom. The molecule has 4 nitrogen and oxygen atoms in total. The van der Waals surface area contributed by atoms with Gasteiger partial charge in [-0.2, -0.15) is 0 Å². The molecule has 0 radical (unpaired) electrons. The molecule has 0 unspecified atom stereocenters. The summed E-state index contributed by atoms with van der Waals surface area (Å²) in [7, 11) is 0. The summed E-state index contributed by atoms with van der Waals surface area (Å²) in [6.07, 6.45) is 6.22. The normalized spacial score (nSPS) is 14.6. The SMILES string of the molecule is CCn1ccnc1SCC(=O)c1cc(C)n(C2CC2)c1C. The fraction of sp³-hybridized carbons (Fsp3) is 0.500. The molecule has 0 N–H and O–H groups in total. The Bertz CT molecular complexity index is 667. The molecule has 0 bridgehead atoms. The molecule has 2 heterocycles. The Balaban J connectivity index is 1.72. The molecular weight excluding hydrogens is 282 g/mol. The molecule has 1 aliphatic rings. The summed E-state index contributed by atoms with van der Waals surface area (Å²) in [5.74, 6) is 0.650. The third-order valence-corrected chi connectivity index (χ3v) is 5.05. The van der Waals surface area contributed by atoms with Gasteiger partial charge in [0.25, 0.3) is 0 Å². The highest BCUT2D eigenvalue weighted by Gasteiger charge is 2.28. The Labute approximate surface area is 129 Å². The number of aryl methyl sites for hydroxylation is 2. The zero-order chi connectivity index (χ0) is 15.0. The van der Waals surface area contributed by atoms with Gasteiger partial charge in [0, 0.05) is 41.9 Å². The predicted octanol–water partition coefficient (Wildman–Crippen LogP) is 3.63. The van der Waals surface area contributed by atoms with Crippen LogP contribution in [-0.4, -0.2) is 25.7 Å². The third kappa shape index (κ3) is 2.79. The van der Waals surface area contributed by atoms with E-state index in [1.165, 1.54) is 30.3 Å². The zero-order valence-electron chi connectivity index (χ0n) is 12.8. The van der Waals surface area contributed by atoms with Gasteiger partial charge in [-0.3, -0.25) is 4.79 Å². The Kier molecular flexibility index (Phi) is 3.93. The van der Waals surface area contributed by atoms with Gasteiger partial charge in [-0.15, -0.1) is 0 Å². The summed E-state index contributed by atoms with van der Waals surface area (Å²) >= 11 is 1.52. The van der Waals surface area contributed by atoms with Crippen LogP contribution in [0.25, 0.3) is 0 Å². The van der Waals surface area contributed by atoms with Gasteiger partial charge in [0.2, 0.25) is 0 Å². The van der Waals surface area contributed by atoms with Gasteiger partial charge in [-0.1, -0.05) is 11.8 Å². The van der Waals surface area contributed by atoms with Gasteiger partial charge < -0.3 is 9.13 Å². The highest BCUT2D eigenvalue weighted by molar-refractivity contribution is 7.99. The fourth-order valence-electron chi connectivity index (χ4n) is 2.84. The Morgan fingerprint density at radius 2 is 2.19 bits per heavy atom. The van der Waals surface area contributed by atoms with Crippen LogP contribution in [0.2, 0.25) is 0 Å². The highest BCUT2D eigenvalue weighted by atomic mass is 32.2. The van der Waals surface area contributed by atoms with Crippen molar-refractivity contribution in [2.24, 2.45) is 0 Å². The molecule has 0 aliphatic heterocycles. The number of carbonyl (C=O) groups is 1. The monoisotopic (exact) mass is 303 g/mol. The van der Waals surface area contributed by atoms with Crippen molar-refractivity contribution >= 4 is 17.5 Å². The van der Waals surface area contributed by atoms with Gasteiger partial charge in [0.1, 0.15) is 0 Å². The molecular formula is C16H21N3OS. The lowest BCUT2D eigenvalue weighted by atomic mass is 10.2. The second-order valence-corrected chi connectivity index (χ2v) is 6.54. The number of aromatic nitrogens is 3. The zero-order valence-corrected chi connectivity index (χ0v) is 13.6. The van der Waals surface area contributed by atoms with E-state index in [1.54, 1.807) is 6.20 Å². The predicted molar refractivity (Wildman–Crippen MR) is 85.1 cm³/mol. The first-order chi connectivity index (χ1) is 10.1. The van der Waals surface area contributed by atoms with E-state index in [9.17, 15) is 4.79 Å². The van der Waals surface area contributed by atoms with Crippen LogP contribution in [0.3, 0.4) is 0 Å². The number of rotatable bonds is 6. The van der Waals surface area contributed by atoms with Crippen molar-refractivity contribution in [3.8, 4) is 0 Å². The Morgan fingerprint density at radius 3 is 2.86 bits per heavy atom. The molecule has 0 amide bonds. The molecule has 112 valence electrons. The van der Waals surface area contributed by atoms with E-state index in [-0.39, 0.29) is 5.78 Å². The molecule has 3 rings (SSSR count). The van der Waals surface area contributed by atoms with Crippen LogP contribution in [0.15, 0.2) is 23.6 Å². The summed E-state index contributed by atoms with van der Waals surface area (Å²) in [6.45, 7) is 7.12. The number of Topliss-reactive ketones (excluding diaryl/α,β-unsaturated/α-hetero) is 1. The first-order valence-electron chi connectivity index (χ1n) is 7.47. The van der Waals surface area contributed by atoms with E-state index in [0.29, 0.717) is 11.8 Å². The molecule has 1 fully saturated rings. The van der Waals surface area contributed by atoms with Crippen LogP contribution in [0.5, 0.6) is 0 Å². The van der Waals surface area contributed by atoms with E-state index < -0.39 is 0 Å². The number of nitrogens with zero attached hydrogens (tertiary/aromatic N) is 3. The second-order valence-electron chi connectivity index (χ2n) is 5.59. The molecule has 0 aromatic carbocycles. The largest absolute Gasteiger partial charge is 0.345 e. The summed E-state index contributed by atoms with van der Waals surface area (Å²) in [4.78, 5) is 16.8. The average Bonchev–Trinajstić information content (AvgIpc) is 3.11. The van der Waals surface area contributed by atoms with E-state index in [1.807, 2.05) is 12.3 Å². The van der Waals surface area contributed by atoms with E-state index in [0.717, 1.165) is 23.0 Å². The topological polar surface area (TPSA) is 39.8 Å². The van der Waals surface area contributed by atoms with Gasteiger partial charge in [-0.25, -0.2) is 4.98 Å². The number of ketones is 1. The molecule has 0 spiro atoms. The van der Waals surface area contributed by atoms with Crippen LogP contribution in [-0.2, 0) is 6.54 Å². The number of carbonyl (C=O) groups excluding carboxylic acids is 1. The fourth-order valence-corrected chi connectivity index (χ4v) is 3.75. The maximum Gasteiger partial charge on any atom is 0.175 e. The summed E-state index contributed by atoms with van der Waals surface area (Å²) < 4.78 is 4.39. The first kappa shape index (κ1) is 14.4. The highest BCUT2D eigenvalue weighted by Crippen LogP contribution is 2.38. The van der Waals surface area contributed by atoms with Crippen molar-refractivity contribution in [2.45, 2.75) is 51.4 Å². The molecule has 5 heteroatoms. The summed E-state index contributed by atoms with van der Waals surface area (Å²) in [6, 6.07) is 2.67. The van der Waals surface area contributed by atoms with Crippen molar-refractivity contribution in [3.63, 3.8) is 0 Å². The molecule has 2 aromatic rings. The maximum atomic E-state index is 12.5. The molecule has 1 saturated carbocycles. The summed E-state index contributed by atoms with van der Waals surface area (Å²) in [5.41, 5.74) is 3.21. The lowest BCUT2D eigenvalue weighted by molar-refractivity contribution is 0.102. The lowest BCUT2D eigenvalue weighted by Gasteiger charge is -2.07. The summed E-state index contributed by atoms with van der Waals surface area (Å²) in [5, 5.41) is 0.918. The van der Waals surface area contributed by atoms with Crippen molar-refractivity contribution < 1.29 is 4.79 Å². The van der Waals surface area contributed by atoms with Crippen molar-refractivity contribution in [3.05, 3.63) is 35.4 Å². The number of imidazole rings is 1. The molecule has 1 aliphatic carbocycles. The minimum atomic E-state index is 0.200. The van der Waals surface area contributed by atoms with E-state index in [4.69, 9.17) is 0 Å². The van der Waals surface area contributed by atoms with Crippen LogP contribution in [0.1, 0.15) is 47.6 Å². The minimum Gasteiger partial charge on any atom is -0.345 e. The van der Waals surface area contributed by atoms with E-state index >= 15 is 0 Å². The van der Waals surface area contributed by atoms with Crippen LogP contribution < -0.4 is 0 Å². The minimum absolute atomic E-state index is 0.200. The molecule has 21 heavy (non-hydrogen) atoms. The first-order valence-corrected chi connectivity index (χ1v) is 8.46. The number of hydrogen-bond acceptors (Lipinski definition) is 3. The van der Waals surface area contributed by atoms with Gasteiger partial charge in [-0.05, 0) is 39.7 Å². The number of hydrogen-bond donors (Lipinski definition) is 0. The number of thioether (sulfide) groups is 1.